The molecule has 2 fully saturated rings. The third-order valence-corrected chi connectivity index (χ3v) is 4.46. The minimum atomic E-state index is -0.756. The Bertz CT molecular complexity index is 431. The first-order valence-corrected chi connectivity index (χ1v) is 7.41. The van der Waals surface area contributed by atoms with Crippen molar-refractivity contribution in [1.82, 2.24) is 4.90 Å². The lowest BCUT2D eigenvalue weighted by molar-refractivity contribution is -0.251. The predicted octanol–water partition coefficient (Wildman–Crippen LogP) is 1.77. The first-order chi connectivity index (χ1) is 9.71. The maximum atomic E-state index is 10.7. The number of ether oxygens (including phenoxy) is 2. The van der Waals surface area contributed by atoms with E-state index < -0.39 is 11.9 Å². The number of benzene rings is 1. The van der Waals surface area contributed by atoms with Gasteiger partial charge in [0.1, 0.15) is 6.10 Å². The van der Waals surface area contributed by atoms with Gasteiger partial charge < -0.3 is 14.6 Å². The second kappa shape index (κ2) is 5.82. The molecule has 1 aliphatic carbocycles. The monoisotopic (exact) mass is 277 g/mol. The molecule has 2 atom stereocenters. The average Bonchev–Trinajstić information content (AvgIpc) is 2.93. The van der Waals surface area contributed by atoms with E-state index in [-0.39, 0.29) is 6.04 Å². The number of rotatable bonds is 3. The Labute approximate surface area is 120 Å². The topological polar surface area (TPSA) is 41.9 Å². The Morgan fingerprint density at radius 2 is 1.95 bits per heavy atom. The highest BCUT2D eigenvalue weighted by molar-refractivity contribution is 5.14. The first-order valence-electron chi connectivity index (χ1n) is 7.41. The Kier molecular flexibility index (Phi) is 4.08. The number of aliphatic hydroxyl groups is 1. The fraction of sp³-hybridized carbons (Fsp3) is 0.625. The van der Waals surface area contributed by atoms with Crippen LogP contribution in [-0.2, 0) is 16.0 Å². The summed E-state index contributed by atoms with van der Waals surface area (Å²) in [5.41, 5.74) is 1.26. The van der Waals surface area contributed by atoms with E-state index in [1.165, 1.54) is 5.56 Å². The Balaban J connectivity index is 1.69. The minimum absolute atomic E-state index is 0.0852. The van der Waals surface area contributed by atoms with E-state index in [0.717, 1.165) is 25.8 Å². The number of nitrogens with zero attached hydrogens (tertiary/aromatic N) is 1. The van der Waals surface area contributed by atoms with Crippen LogP contribution in [0.15, 0.2) is 30.3 Å². The molecular weight excluding hydrogens is 254 g/mol. The van der Waals surface area contributed by atoms with Crippen molar-refractivity contribution in [2.75, 3.05) is 20.3 Å². The minimum Gasteiger partial charge on any atom is -0.386 e. The van der Waals surface area contributed by atoms with Crippen molar-refractivity contribution in [3.63, 3.8) is 0 Å². The highest BCUT2D eigenvalue weighted by Gasteiger charge is 2.50. The third-order valence-electron chi connectivity index (χ3n) is 4.46. The second-order valence-electron chi connectivity index (χ2n) is 5.81. The molecule has 0 bridgehead atoms. The van der Waals surface area contributed by atoms with Crippen molar-refractivity contribution < 1.29 is 14.6 Å². The molecule has 1 saturated carbocycles. The summed E-state index contributed by atoms with van der Waals surface area (Å²) in [6, 6.07) is 10.4. The van der Waals surface area contributed by atoms with Gasteiger partial charge in [-0.3, -0.25) is 4.90 Å². The molecule has 0 unspecified atom stereocenters. The van der Waals surface area contributed by atoms with Gasteiger partial charge in [-0.15, -0.1) is 0 Å². The van der Waals surface area contributed by atoms with Gasteiger partial charge in [-0.25, -0.2) is 0 Å². The summed E-state index contributed by atoms with van der Waals surface area (Å²) >= 11 is 0. The summed E-state index contributed by atoms with van der Waals surface area (Å²) in [5, 5.41) is 10.7. The predicted molar refractivity (Wildman–Crippen MR) is 76.2 cm³/mol. The average molecular weight is 277 g/mol. The largest absolute Gasteiger partial charge is 0.386 e. The van der Waals surface area contributed by atoms with Crippen molar-refractivity contribution in [2.24, 2.45) is 0 Å². The van der Waals surface area contributed by atoms with Crippen molar-refractivity contribution >= 4 is 0 Å². The van der Waals surface area contributed by atoms with Crippen molar-refractivity contribution in [2.45, 2.75) is 43.7 Å². The highest BCUT2D eigenvalue weighted by Crippen LogP contribution is 2.38. The summed E-state index contributed by atoms with van der Waals surface area (Å²) < 4.78 is 11.5. The molecule has 4 nitrogen and oxygen atoms in total. The molecule has 1 N–H and O–H groups in total. The summed E-state index contributed by atoms with van der Waals surface area (Å²) in [5.74, 6) is -0.756. The lowest BCUT2D eigenvalue weighted by atomic mass is 9.86. The first kappa shape index (κ1) is 14.0. The van der Waals surface area contributed by atoms with Crippen LogP contribution in [0.25, 0.3) is 0 Å². The van der Waals surface area contributed by atoms with Gasteiger partial charge in [-0.05, 0) is 25.5 Å². The molecule has 1 aromatic carbocycles. The molecule has 3 rings (SSSR count). The second-order valence-corrected chi connectivity index (χ2v) is 5.81. The van der Waals surface area contributed by atoms with Crippen molar-refractivity contribution in [3.05, 3.63) is 35.9 Å². The molecule has 0 aromatic heterocycles. The number of likely N-dealkylation sites (N-methyl/N-ethyl adjacent to an activating group) is 1. The van der Waals surface area contributed by atoms with E-state index in [1.54, 1.807) is 0 Å². The van der Waals surface area contributed by atoms with Gasteiger partial charge in [0.25, 0.3) is 0 Å². The lowest BCUT2D eigenvalue weighted by Gasteiger charge is -2.44. The van der Waals surface area contributed by atoms with E-state index in [9.17, 15) is 5.11 Å². The van der Waals surface area contributed by atoms with Crippen LogP contribution in [0.2, 0.25) is 0 Å². The highest BCUT2D eigenvalue weighted by atomic mass is 16.7. The zero-order valence-electron chi connectivity index (χ0n) is 12.0. The molecule has 20 heavy (non-hydrogen) atoms. The maximum Gasteiger partial charge on any atom is 0.196 e. The standard InChI is InChI=1S/C16H23NO3/c1-17(12-13-6-3-2-4-7-13)14-8-5-9-16(15(14)18)19-10-11-20-16/h2-4,6-7,14-15,18H,5,8-12H2,1H3/t14-,15+/m0/s1. The fourth-order valence-corrected chi connectivity index (χ4v) is 3.39. The number of hydrogen-bond donors (Lipinski definition) is 1. The molecule has 0 amide bonds. The van der Waals surface area contributed by atoms with Crippen LogP contribution < -0.4 is 0 Å². The summed E-state index contributed by atoms with van der Waals surface area (Å²) in [4.78, 5) is 2.21. The molecule has 110 valence electrons. The van der Waals surface area contributed by atoms with E-state index in [4.69, 9.17) is 9.47 Å². The molecule has 2 aliphatic rings. The molecule has 0 radical (unpaired) electrons. The van der Waals surface area contributed by atoms with Crippen LogP contribution in [0.4, 0.5) is 0 Å². The summed E-state index contributed by atoms with van der Waals surface area (Å²) in [7, 11) is 2.06. The van der Waals surface area contributed by atoms with Gasteiger partial charge in [0, 0.05) is 19.0 Å². The molecule has 1 heterocycles. The van der Waals surface area contributed by atoms with E-state index >= 15 is 0 Å². The Morgan fingerprint density at radius 1 is 1.25 bits per heavy atom. The van der Waals surface area contributed by atoms with Crippen molar-refractivity contribution in [1.29, 1.82) is 0 Å². The number of aliphatic hydroxyl groups excluding tert-OH is 1. The quantitative estimate of drug-likeness (QED) is 0.914. The van der Waals surface area contributed by atoms with Crippen LogP contribution in [0, 0.1) is 0 Å². The summed E-state index contributed by atoms with van der Waals surface area (Å²) in [6.45, 7) is 2.01. The van der Waals surface area contributed by atoms with Gasteiger partial charge in [-0.1, -0.05) is 30.3 Å². The van der Waals surface area contributed by atoms with E-state index in [0.29, 0.717) is 13.2 Å². The van der Waals surface area contributed by atoms with Gasteiger partial charge in [0.15, 0.2) is 5.79 Å². The van der Waals surface area contributed by atoms with Crippen LogP contribution in [0.1, 0.15) is 24.8 Å². The Hall–Kier alpha value is -0.940. The normalized spacial score (nSPS) is 29.1. The van der Waals surface area contributed by atoms with Gasteiger partial charge in [-0.2, -0.15) is 0 Å². The van der Waals surface area contributed by atoms with E-state index in [1.807, 2.05) is 18.2 Å². The van der Waals surface area contributed by atoms with Gasteiger partial charge in [0.2, 0.25) is 0 Å². The molecule has 4 heteroatoms. The molecule has 1 aromatic rings. The maximum absolute atomic E-state index is 10.7. The third kappa shape index (κ3) is 2.61. The van der Waals surface area contributed by atoms with Crippen LogP contribution in [0.3, 0.4) is 0 Å². The zero-order valence-corrected chi connectivity index (χ0v) is 12.0. The molecule has 1 aliphatic heterocycles. The van der Waals surface area contributed by atoms with Crippen LogP contribution in [0.5, 0.6) is 0 Å². The smallest absolute Gasteiger partial charge is 0.196 e. The van der Waals surface area contributed by atoms with E-state index in [2.05, 4.69) is 24.1 Å². The molecule has 1 spiro atoms. The fourth-order valence-electron chi connectivity index (χ4n) is 3.39. The van der Waals surface area contributed by atoms with Crippen LogP contribution in [-0.4, -0.2) is 48.2 Å². The summed E-state index contributed by atoms with van der Waals surface area (Å²) in [6.07, 6.45) is 2.23. The van der Waals surface area contributed by atoms with Gasteiger partial charge in [0.05, 0.1) is 13.2 Å². The van der Waals surface area contributed by atoms with Crippen molar-refractivity contribution in [3.8, 4) is 0 Å². The number of hydrogen-bond acceptors (Lipinski definition) is 4. The zero-order chi connectivity index (χ0) is 14.0. The lowest BCUT2D eigenvalue weighted by Crippen LogP contribution is -2.57. The van der Waals surface area contributed by atoms with Crippen LogP contribution >= 0.6 is 0 Å². The Morgan fingerprint density at radius 3 is 2.65 bits per heavy atom. The molecular formula is C16H23NO3. The van der Waals surface area contributed by atoms with Gasteiger partial charge >= 0.3 is 0 Å². The SMILES string of the molecule is CN(Cc1ccccc1)[C@H]1CCCC2(OCCO2)[C@@H]1O. The molecule has 1 saturated heterocycles.